The zero-order valence-electron chi connectivity index (χ0n) is 11.7. The molecule has 0 bridgehead atoms. The topological polar surface area (TPSA) is 84.5 Å². The second-order valence-corrected chi connectivity index (χ2v) is 4.20. The van der Waals surface area contributed by atoms with E-state index in [1.165, 1.54) is 19.9 Å². The van der Waals surface area contributed by atoms with Gasteiger partial charge in [-0.15, -0.1) is 0 Å². The van der Waals surface area contributed by atoms with Crippen LogP contribution in [0, 0.1) is 0 Å². The van der Waals surface area contributed by atoms with Crippen LogP contribution in [-0.4, -0.2) is 30.4 Å². The fraction of sp³-hybridized carbons (Fsp3) is 0.357. The van der Waals surface area contributed by atoms with Crippen molar-refractivity contribution in [2.24, 2.45) is 0 Å². The molecule has 20 heavy (non-hydrogen) atoms. The first-order chi connectivity index (χ1) is 9.43. The Morgan fingerprint density at radius 1 is 1.30 bits per heavy atom. The number of anilines is 1. The Labute approximate surface area is 117 Å². The Morgan fingerprint density at radius 2 is 2.00 bits per heavy atom. The molecule has 0 aliphatic heterocycles. The number of carbonyl (C=O) groups excluding carboxylic acids is 3. The first kappa shape index (κ1) is 15.7. The highest BCUT2D eigenvalue weighted by Crippen LogP contribution is 2.12. The molecule has 1 atom stereocenters. The van der Waals surface area contributed by atoms with Gasteiger partial charge in [-0.3, -0.25) is 9.59 Å². The van der Waals surface area contributed by atoms with Gasteiger partial charge in [0.15, 0.2) is 6.10 Å². The van der Waals surface area contributed by atoms with Crippen molar-refractivity contribution >= 4 is 23.5 Å². The number of ether oxygens (including phenoxy) is 1. The lowest BCUT2D eigenvalue weighted by Gasteiger charge is -2.13. The molecule has 0 saturated carbocycles. The number of amides is 2. The Kier molecular flexibility index (Phi) is 5.71. The quantitative estimate of drug-likeness (QED) is 0.796. The molecular weight excluding hydrogens is 260 g/mol. The van der Waals surface area contributed by atoms with E-state index >= 15 is 0 Å². The van der Waals surface area contributed by atoms with E-state index in [2.05, 4.69) is 10.6 Å². The molecule has 0 heterocycles. The standard InChI is InChI=1S/C14H18N2O4/c1-4-15-13(18)9(2)20-14(19)11-6-5-7-12(8-11)16-10(3)17/h5-9H,4H2,1-3H3,(H,15,18)(H,16,17). The highest BCUT2D eigenvalue weighted by atomic mass is 16.5. The van der Waals surface area contributed by atoms with E-state index in [0.29, 0.717) is 12.2 Å². The van der Waals surface area contributed by atoms with E-state index in [1.807, 2.05) is 0 Å². The van der Waals surface area contributed by atoms with Crippen molar-refractivity contribution in [2.45, 2.75) is 26.9 Å². The van der Waals surface area contributed by atoms with Crippen LogP contribution in [0.2, 0.25) is 0 Å². The maximum Gasteiger partial charge on any atom is 0.338 e. The molecule has 1 aromatic carbocycles. The molecule has 0 aliphatic carbocycles. The summed E-state index contributed by atoms with van der Waals surface area (Å²) in [5.74, 6) is -1.19. The molecule has 0 spiro atoms. The molecule has 0 radical (unpaired) electrons. The third kappa shape index (κ3) is 4.72. The molecule has 2 amide bonds. The molecular formula is C14H18N2O4. The van der Waals surface area contributed by atoms with Crippen LogP contribution in [0.15, 0.2) is 24.3 Å². The minimum atomic E-state index is -0.869. The average Bonchev–Trinajstić information content (AvgIpc) is 2.38. The molecule has 6 heteroatoms. The summed E-state index contributed by atoms with van der Waals surface area (Å²) in [6.07, 6.45) is -0.869. The Bertz CT molecular complexity index is 514. The summed E-state index contributed by atoms with van der Waals surface area (Å²) < 4.78 is 5.05. The number of hydrogen-bond acceptors (Lipinski definition) is 4. The van der Waals surface area contributed by atoms with Gasteiger partial charge in [0.2, 0.25) is 5.91 Å². The minimum absolute atomic E-state index is 0.230. The van der Waals surface area contributed by atoms with Crippen molar-refractivity contribution < 1.29 is 19.1 Å². The minimum Gasteiger partial charge on any atom is -0.449 e. The summed E-state index contributed by atoms with van der Waals surface area (Å²) in [5, 5.41) is 5.14. The van der Waals surface area contributed by atoms with Crippen molar-refractivity contribution in [2.75, 3.05) is 11.9 Å². The Morgan fingerprint density at radius 3 is 2.60 bits per heavy atom. The Balaban J connectivity index is 2.72. The van der Waals surface area contributed by atoms with E-state index in [4.69, 9.17) is 4.74 Å². The zero-order chi connectivity index (χ0) is 15.1. The monoisotopic (exact) mass is 278 g/mol. The van der Waals surface area contributed by atoms with Crippen LogP contribution in [-0.2, 0) is 14.3 Å². The first-order valence-corrected chi connectivity index (χ1v) is 6.30. The van der Waals surface area contributed by atoms with E-state index in [0.717, 1.165) is 0 Å². The number of esters is 1. The van der Waals surface area contributed by atoms with Crippen LogP contribution in [0.5, 0.6) is 0 Å². The lowest BCUT2D eigenvalue weighted by Crippen LogP contribution is -2.35. The second-order valence-electron chi connectivity index (χ2n) is 4.20. The molecule has 0 aliphatic rings. The smallest absolute Gasteiger partial charge is 0.338 e. The zero-order valence-corrected chi connectivity index (χ0v) is 11.7. The fourth-order valence-electron chi connectivity index (χ4n) is 1.53. The maximum atomic E-state index is 11.9. The molecule has 1 aromatic rings. The van der Waals surface area contributed by atoms with Crippen LogP contribution in [0.25, 0.3) is 0 Å². The highest BCUT2D eigenvalue weighted by Gasteiger charge is 2.18. The van der Waals surface area contributed by atoms with Gasteiger partial charge in [0, 0.05) is 19.2 Å². The average molecular weight is 278 g/mol. The lowest BCUT2D eigenvalue weighted by atomic mass is 10.2. The molecule has 108 valence electrons. The summed E-state index contributed by atoms with van der Waals surface area (Å²) in [6.45, 7) is 5.13. The van der Waals surface area contributed by atoms with Crippen LogP contribution in [0.1, 0.15) is 31.1 Å². The summed E-state index contributed by atoms with van der Waals surface area (Å²) in [6, 6.07) is 6.33. The van der Waals surface area contributed by atoms with Gasteiger partial charge in [0.05, 0.1) is 5.56 Å². The largest absolute Gasteiger partial charge is 0.449 e. The van der Waals surface area contributed by atoms with Crippen molar-refractivity contribution in [3.63, 3.8) is 0 Å². The van der Waals surface area contributed by atoms with E-state index < -0.39 is 12.1 Å². The Hall–Kier alpha value is -2.37. The van der Waals surface area contributed by atoms with Crippen molar-refractivity contribution in [1.29, 1.82) is 0 Å². The van der Waals surface area contributed by atoms with Crippen LogP contribution >= 0.6 is 0 Å². The molecule has 0 aromatic heterocycles. The number of carbonyl (C=O) groups is 3. The maximum absolute atomic E-state index is 11.9. The van der Waals surface area contributed by atoms with Gasteiger partial charge in [-0.25, -0.2) is 4.79 Å². The predicted octanol–water partition coefficient (Wildman–Crippen LogP) is 1.33. The molecule has 0 saturated heterocycles. The van der Waals surface area contributed by atoms with Crippen LogP contribution < -0.4 is 10.6 Å². The molecule has 1 unspecified atom stereocenters. The van der Waals surface area contributed by atoms with Gasteiger partial charge in [-0.1, -0.05) is 6.07 Å². The fourth-order valence-corrected chi connectivity index (χ4v) is 1.53. The third-order valence-electron chi connectivity index (χ3n) is 2.42. The second kappa shape index (κ2) is 7.28. The van der Waals surface area contributed by atoms with Crippen LogP contribution in [0.3, 0.4) is 0 Å². The highest BCUT2D eigenvalue weighted by molar-refractivity contribution is 5.95. The van der Waals surface area contributed by atoms with E-state index in [9.17, 15) is 14.4 Å². The molecule has 2 N–H and O–H groups in total. The number of likely N-dealkylation sites (N-methyl/N-ethyl adjacent to an activating group) is 1. The van der Waals surface area contributed by atoms with Gasteiger partial charge in [-0.2, -0.15) is 0 Å². The summed E-state index contributed by atoms with van der Waals surface area (Å²) in [7, 11) is 0. The van der Waals surface area contributed by atoms with Crippen molar-refractivity contribution in [1.82, 2.24) is 5.32 Å². The number of rotatable bonds is 5. The van der Waals surface area contributed by atoms with Gasteiger partial charge < -0.3 is 15.4 Å². The first-order valence-electron chi connectivity index (χ1n) is 6.30. The van der Waals surface area contributed by atoms with Gasteiger partial charge in [0.1, 0.15) is 0 Å². The van der Waals surface area contributed by atoms with E-state index in [1.54, 1.807) is 25.1 Å². The van der Waals surface area contributed by atoms with Crippen molar-refractivity contribution in [3.8, 4) is 0 Å². The summed E-state index contributed by atoms with van der Waals surface area (Å²) in [4.78, 5) is 34.3. The summed E-state index contributed by atoms with van der Waals surface area (Å²) >= 11 is 0. The summed E-state index contributed by atoms with van der Waals surface area (Å²) in [5.41, 5.74) is 0.769. The normalized spacial score (nSPS) is 11.3. The van der Waals surface area contributed by atoms with Crippen molar-refractivity contribution in [3.05, 3.63) is 29.8 Å². The number of benzene rings is 1. The molecule has 6 nitrogen and oxygen atoms in total. The number of hydrogen-bond donors (Lipinski definition) is 2. The van der Waals surface area contributed by atoms with Gasteiger partial charge in [0.25, 0.3) is 5.91 Å². The van der Waals surface area contributed by atoms with E-state index in [-0.39, 0.29) is 17.4 Å². The SMILES string of the molecule is CCNC(=O)C(C)OC(=O)c1cccc(NC(C)=O)c1. The number of nitrogens with one attached hydrogen (secondary N) is 2. The van der Waals surface area contributed by atoms with Gasteiger partial charge in [-0.05, 0) is 32.0 Å². The third-order valence-corrected chi connectivity index (χ3v) is 2.42. The molecule has 1 rings (SSSR count). The lowest BCUT2D eigenvalue weighted by molar-refractivity contribution is -0.128. The van der Waals surface area contributed by atoms with Crippen LogP contribution in [0.4, 0.5) is 5.69 Å². The molecule has 0 fully saturated rings. The van der Waals surface area contributed by atoms with Gasteiger partial charge >= 0.3 is 5.97 Å². The predicted molar refractivity (Wildman–Crippen MR) is 74.3 cm³/mol.